The Labute approximate surface area is 91.5 Å². The summed E-state index contributed by atoms with van der Waals surface area (Å²) >= 11 is 0. The van der Waals surface area contributed by atoms with Crippen molar-refractivity contribution in [3.8, 4) is 17.1 Å². The quantitative estimate of drug-likeness (QED) is 0.819. The molecule has 2 rings (SSSR count). The molecule has 0 aliphatic rings. The van der Waals surface area contributed by atoms with Crippen molar-refractivity contribution in [3.05, 3.63) is 29.8 Å². The normalized spacial score (nSPS) is 12.6. The number of anilines is 1. The van der Waals surface area contributed by atoms with Crippen LogP contribution < -0.4 is 5.73 Å². The number of hydrogen-bond acceptors (Lipinski definition) is 4. The van der Waals surface area contributed by atoms with Gasteiger partial charge in [0.25, 0.3) is 0 Å². The Balaban J connectivity index is 2.51. The van der Waals surface area contributed by atoms with Gasteiger partial charge in [-0.3, -0.25) is 0 Å². The smallest absolute Gasteiger partial charge is 0.172 e. The number of nitrogen functional groups attached to an aromatic ring is 1. The lowest BCUT2D eigenvalue weighted by Gasteiger charge is -2.05. The predicted molar refractivity (Wildman–Crippen MR) is 57.5 cm³/mol. The molecule has 0 aliphatic carbocycles. The molecule has 3 N–H and O–H groups in total. The lowest BCUT2D eigenvalue weighted by atomic mass is 10.1. The van der Waals surface area contributed by atoms with E-state index in [1.807, 2.05) is 0 Å². The van der Waals surface area contributed by atoms with Gasteiger partial charge >= 0.3 is 0 Å². The Bertz CT molecular complexity index is 508. The first-order valence-electron chi connectivity index (χ1n) is 4.77. The van der Waals surface area contributed by atoms with Gasteiger partial charge in [0, 0.05) is 6.07 Å². The van der Waals surface area contributed by atoms with Crippen LogP contribution in [-0.4, -0.2) is 10.3 Å². The number of nitrogens with two attached hydrogens (primary N) is 1. The third-order valence-electron chi connectivity index (χ3n) is 2.27. The Kier molecular flexibility index (Phi) is 2.52. The summed E-state index contributed by atoms with van der Waals surface area (Å²) in [6.07, 6.45) is -1.11. The molecule has 0 spiro atoms. The Morgan fingerprint density at radius 2 is 2.19 bits per heavy atom. The average molecular weight is 222 g/mol. The summed E-state index contributed by atoms with van der Waals surface area (Å²) in [5.74, 6) is 0.533. The van der Waals surface area contributed by atoms with Crippen LogP contribution >= 0.6 is 0 Å². The van der Waals surface area contributed by atoms with Crippen molar-refractivity contribution < 1.29 is 14.0 Å². The molecule has 5 heteroatoms. The van der Waals surface area contributed by atoms with Gasteiger partial charge in [0.15, 0.2) is 11.6 Å². The van der Waals surface area contributed by atoms with Gasteiger partial charge in [0.05, 0.1) is 5.56 Å². The molecule has 0 radical (unpaired) electrons. The molecule has 4 nitrogen and oxygen atoms in total. The zero-order chi connectivity index (χ0) is 11.7. The van der Waals surface area contributed by atoms with E-state index in [0.29, 0.717) is 16.9 Å². The van der Waals surface area contributed by atoms with Crippen molar-refractivity contribution in [2.24, 2.45) is 0 Å². The maximum absolute atomic E-state index is 13.1. The second-order valence-corrected chi connectivity index (χ2v) is 3.51. The van der Waals surface area contributed by atoms with E-state index in [-0.39, 0.29) is 11.6 Å². The molecule has 84 valence electrons. The number of rotatable bonds is 2. The van der Waals surface area contributed by atoms with Gasteiger partial charge in [-0.15, -0.1) is 0 Å². The van der Waals surface area contributed by atoms with E-state index >= 15 is 0 Å². The number of phenols is 1. The number of halogens is 1. The van der Waals surface area contributed by atoms with E-state index in [1.165, 1.54) is 31.2 Å². The molecule has 1 atom stereocenters. The van der Waals surface area contributed by atoms with E-state index in [4.69, 9.17) is 10.3 Å². The molecule has 1 heterocycles. The predicted octanol–water partition coefficient (Wildman–Crippen LogP) is 2.66. The number of hydrogen-bond donors (Lipinski definition) is 2. The van der Waals surface area contributed by atoms with Crippen LogP contribution in [0.15, 0.2) is 28.8 Å². The average Bonchev–Trinajstić information content (AvgIpc) is 2.65. The number of nitrogens with zero attached hydrogens (tertiary/aromatic N) is 1. The van der Waals surface area contributed by atoms with Crippen LogP contribution in [0.3, 0.4) is 0 Å². The number of phenolic OH excluding ortho intramolecular Hbond substituents is 1. The van der Waals surface area contributed by atoms with Crippen molar-refractivity contribution >= 4 is 5.82 Å². The summed E-state index contributed by atoms with van der Waals surface area (Å²) < 4.78 is 18.0. The molecule has 0 saturated heterocycles. The van der Waals surface area contributed by atoms with Crippen LogP contribution in [0.5, 0.6) is 5.75 Å². The minimum Gasteiger partial charge on any atom is -0.507 e. The first-order valence-corrected chi connectivity index (χ1v) is 4.77. The maximum Gasteiger partial charge on any atom is 0.172 e. The zero-order valence-corrected chi connectivity index (χ0v) is 8.64. The summed E-state index contributed by atoms with van der Waals surface area (Å²) in [6.45, 7) is 1.42. The summed E-state index contributed by atoms with van der Waals surface area (Å²) in [4.78, 5) is 0. The van der Waals surface area contributed by atoms with Crippen molar-refractivity contribution in [3.63, 3.8) is 0 Å². The fourth-order valence-corrected chi connectivity index (χ4v) is 1.41. The number of aromatic hydroxyl groups is 1. The molecule has 2 aromatic rings. The van der Waals surface area contributed by atoms with E-state index in [2.05, 4.69) is 5.16 Å². The van der Waals surface area contributed by atoms with Crippen molar-refractivity contribution in [2.75, 3.05) is 5.73 Å². The van der Waals surface area contributed by atoms with Gasteiger partial charge in [-0.25, -0.2) is 4.39 Å². The summed E-state index contributed by atoms with van der Waals surface area (Å²) in [7, 11) is 0. The standard InChI is InChI=1S/C11H11FN2O2/c1-6(12)7-2-3-9(15)8(4-7)10-5-11(13)14-16-10/h2-6,15H,1H3,(H2,13,14). The van der Waals surface area contributed by atoms with Gasteiger partial charge in [-0.05, 0) is 24.6 Å². The van der Waals surface area contributed by atoms with Crippen molar-refractivity contribution in [2.45, 2.75) is 13.1 Å². The van der Waals surface area contributed by atoms with E-state index < -0.39 is 6.17 Å². The Hall–Kier alpha value is -2.04. The van der Waals surface area contributed by atoms with Gasteiger partial charge in [-0.1, -0.05) is 11.2 Å². The number of alkyl halides is 1. The first-order chi connectivity index (χ1) is 7.58. The second-order valence-electron chi connectivity index (χ2n) is 3.51. The summed E-state index contributed by atoms with van der Waals surface area (Å²) in [5.41, 5.74) is 6.24. The minimum absolute atomic E-state index is 0.000509. The molecule has 0 saturated carbocycles. The maximum atomic E-state index is 13.1. The molecule has 0 fully saturated rings. The first kappa shape index (κ1) is 10.5. The van der Waals surface area contributed by atoms with Crippen molar-refractivity contribution in [1.29, 1.82) is 0 Å². The third-order valence-corrected chi connectivity index (χ3v) is 2.27. The fourth-order valence-electron chi connectivity index (χ4n) is 1.41. The van der Waals surface area contributed by atoms with Gasteiger partial charge in [-0.2, -0.15) is 0 Å². The summed E-state index contributed by atoms with van der Waals surface area (Å²) in [6, 6.07) is 5.92. The fraction of sp³-hybridized carbons (Fsp3) is 0.182. The minimum atomic E-state index is -1.11. The third kappa shape index (κ3) is 1.84. The van der Waals surface area contributed by atoms with Crippen LogP contribution in [0.4, 0.5) is 10.2 Å². The molecule has 0 bridgehead atoms. The highest BCUT2D eigenvalue weighted by atomic mass is 19.1. The number of benzene rings is 1. The molecule has 0 amide bonds. The lowest BCUT2D eigenvalue weighted by Crippen LogP contribution is -1.86. The topological polar surface area (TPSA) is 72.3 Å². The van der Waals surface area contributed by atoms with Crippen LogP contribution in [0.1, 0.15) is 18.7 Å². The van der Waals surface area contributed by atoms with Crippen LogP contribution in [0.25, 0.3) is 11.3 Å². The SMILES string of the molecule is CC(F)c1ccc(O)c(-c2cc(N)no2)c1. The lowest BCUT2D eigenvalue weighted by molar-refractivity contribution is 0.373. The van der Waals surface area contributed by atoms with Crippen LogP contribution in [0, 0.1) is 0 Å². The van der Waals surface area contributed by atoms with E-state index in [0.717, 1.165) is 0 Å². The van der Waals surface area contributed by atoms with E-state index in [1.54, 1.807) is 0 Å². The Morgan fingerprint density at radius 3 is 2.75 bits per heavy atom. The molecular formula is C11H11FN2O2. The number of aromatic nitrogens is 1. The monoisotopic (exact) mass is 222 g/mol. The molecule has 1 aromatic carbocycles. The van der Waals surface area contributed by atoms with Crippen LogP contribution in [0.2, 0.25) is 0 Å². The molecule has 0 aliphatic heterocycles. The highest BCUT2D eigenvalue weighted by Gasteiger charge is 2.13. The van der Waals surface area contributed by atoms with Crippen molar-refractivity contribution in [1.82, 2.24) is 5.16 Å². The van der Waals surface area contributed by atoms with Gasteiger partial charge in [0.1, 0.15) is 11.9 Å². The van der Waals surface area contributed by atoms with Gasteiger partial charge in [0.2, 0.25) is 0 Å². The zero-order valence-electron chi connectivity index (χ0n) is 8.64. The van der Waals surface area contributed by atoms with Crippen LogP contribution in [-0.2, 0) is 0 Å². The Morgan fingerprint density at radius 1 is 1.44 bits per heavy atom. The van der Waals surface area contributed by atoms with Gasteiger partial charge < -0.3 is 15.4 Å². The molecule has 16 heavy (non-hydrogen) atoms. The highest BCUT2D eigenvalue weighted by molar-refractivity contribution is 5.67. The highest BCUT2D eigenvalue weighted by Crippen LogP contribution is 2.33. The second kappa shape index (κ2) is 3.84. The molecule has 1 aromatic heterocycles. The summed E-state index contributed by atoms with van der Waals surface area (Å²) in [5, 5.41) is 13.1. The van der Waals surface area contributed by atoms with E-state index in [9.17, 15) is 9.50 Å². The largest absolute Gasteiger partial charge is 0.507 e. The molecular weight excluding hydrogens is 211 g/mol. The molecule has 1 unspecified atom stereocenters.